The van der Waals surface area contributed by atoms with Gasteiger partial charge in [-0.25, -0.2) is 4.79 Å². The Bertz CT molecular complexity index is 2130. The molecule has 3 aliphatic rings. The van der Waals surface area contributed by atoms with Gasteiger partial charge in [0.15, 0.2) is 0 Å². The molecule has 434 valence electrons. The monoisotopic (exact) mass is 1070 g/mol. The highest BCUT2D eigenvalue weighted by atomic mass is 16.6. The summed E-state index contributed by atoms with van der Waals surface area (Å²) in [6.07, 6.45) is 31.9. The lowest BCUT2D eigenvalue weighted by atomic mass is 9.50. The molecule has 0 aromatic heterocycles. The molecule has 0 radical (unpaired) electrons. The zero-order valence-electron chi connectivity index (χ0n) is 49.8. The Morgan fingerprint density at radius 1 is 0.667 bits per heavy atom. The lowest BCUT2D eigenvalue weighted by molar-refractivity contribution is -0.121. The fraction of sp³-hybridized carbons (Fsp3) is 0.681. The quantitative estimate of drug-likeness (QED) is 0.0302. The molecule has 78 heavy (non-hydrogen) atoms. The number of aliphatic hydroxyl groups is 1. The minimum Gasteiger partial charge on any atom is -0.497 e. The maximum absolute atomic E-state index is 12.9. The van der Waals surface area contributed by atoms with E-state index in [1.54, 1.807) is 19.8 Å². The summed E-state index contributed by atoms with van der Waals surface area (Å²) in [6, 6.07) is 26.2. The van der Waals surface area contributed by atoms with Gasteiger partial charge in [-0.2, -0.15) is 0 Å². The molecule has 0 spiro atoms. The van der Waals surface area contributed by atoms with Crippen molar-refractivity contribution in [1.29, 1.82) is 0 Å². The predicted molar refractivity (Wildman–Crippen MR) is 320 cm³/mol. The third-order valence-electron chi connectivity index (χ3n) is 18.7. The van der Waals surface area contributed by atoms with Gasteiger partial charge in [0, 0.05) is 25.9 Å². The summed E-state index contributed by atoms with van der Waals surface area (Å²) in [4.78, 5) is 25.4. The Hall–Kier alpha value is -4.34. The Morgan fingerprint density at radius 3 is 1.90 bits per heavy atom. The van der Waals surface area contributed by atoms with Crippen LogP contribution in [-0.2, 0) is 19.9 Å². The smallest absolute Gasteiger partial charge is 0.407 e. The number of fused-ring (bicyclic) bond motifs is 3. The molecule has 2 fully saturated rings. The summed E-state index contributed by atoms with van der Waals surface area (Å²) < 4.78 is 23.9. The molecule has 8 atom stereocenters. The van der Waals surface area contributed by atoms with Gasteiger partial charge in [0.05, 0.1) is 26.9 Å². The highest BCUT2D eigenvalue weighted by Crippen LogP contribution is 2.59. The number of methoxy groups -OCH3 is 2. The first-order chi connectivity index (χ1) is 37.9. The Morgan fingerprint density at radius 2 is 1.26 bits per heavy atom. The third kappa shape index (κ3) is 19.2. The summed E-state index contributed by atoms with van der Waals surface area (Å²) in [5.41, 5.74) is 3.88. The van der Waals surface area contributed by atoms with Crippen LogP contribution in [0.15, 0.2) is 90.5 Å². The van der Waals surface area contributed by atoms with Crippen molar-refractivity contribution in [1.82, 2.24) is 10.6 Å². The van der Waals surface area contributed by atoms with Crippen LogP contribution in [0.1, 0.15) is 225 Å². The van der Waals surface area contributed by atoms with Crippen LogP contribution in [-0.4, -0.2) is 63.2 Å². The van der Waals surface area contributed by atoms with E-state index >= 15 is 0 Å². The number of aliphatic hydroxyl groups excluding tert-OH is 1. The van der Waals surface area contributed by atoms with Crippen LogP contribution < -0.4 is 20.1 Å². The van der Waals surface area contributed by atoms with E-state index in [2.05, 4.69) is 63.5 Å². The standard InChI is InChI=1S/C69H106N2O7/c1-52(2)25-23-26-53(3)27-24-31-63-54(4)33-44-65-64(63)43-38-58-51-62(45-47-68(58,65)5)78-67(74)71-49-21-14-12-10-8-9-11-13-20-32-66(73)70-48-22-16-19-30-59(72)46-50-77-69(55-28-17-15-18-29-55,56-34-39-60(75-6)40-35-56)57-36-41-61(76-7)42-37-57/h15,17-18,28-29,34-42,52-54,59,62-65,72H,8-14,16,19-27,30-33,43-51H2,1-7H3,(H,70,73)(H,71,74)/t53?,54-,59?,62+,63?,64?,65?,68+/m0/s1. The normalized spacial score (nSPS) is 21.9. The van der Waals surface area contributed by atoms with Crippen molar-refractivity contribution in [3.63, 3.8) is 0 Å². The Labute approximate surface area is 473 Å². The second-order valence-corrected chi connectivity index (χ2v) is 24.9. The van der Waals surface area contributed by atoms with Gasteiger partial charge in [-0.1, -0.05) is 197 Å². The van der Waals surface area contributed by atoms with Crippen molar-refractivity contribution >= 4 is 12.0 Å². The Kier molecular flexibility index (Phi) is 26.9. The number of unbranched alkanes of at least 4 members (excludes halogenated alkanes) is 10. The number of benzene rings is 3. The summed E-state index contributed by atoms with van der Waals surface area (Å²) in [7, 11) is 3.33. The van der Waals surface area contributed by atoms with Crippen LogP contribution in [0.5, 0.6) is 11.5 Å². The fourth-order valence-electron chi connectivity index (χ4n) is 13.9. The highest BCUT2D eigenvalue weighted by molar-refractivity contribution is 5.75. The van der Waals surface area contributed by atoms with Crippen molar-refractivity contribution in [3.8, 4) is 11.5 Å². The molecule has 2 saturated carbocycles. The van der Waals surface area contributed by atoms with Gasteiger partial charge >= 0.3 is 6.09 Å². The summed E-state index contributed by atoms with van der Waals surface area (Å²) in [5.74, 6) is 6.66. The van der Waals surface area contributed by atoms with Crippen LogP contribution >= 0.6 is 0 Å². The van der Waals surface area contributed by atoms with Gasteiger partial charge in [-0.3, -0.25) is 4.79 Å². The zero-order chi connectivity index (χ0) is 55.6. The molecule has 9 heteroatoms. The van der Waals surface area contributed by atoms with E-state index < -0.39 is 11.7 Å². The lowest BCUT2D eigenvalue weighted by Gasteiger charge is -2.55. The van der Waals surface area contributed by atoms with Crippen molar-refractivity contribution < 1.29 is 33.6 Å². The van der Waals surface area contributed by atoms with Crippen molar-refractivity contribution in [3.05, 3.63) is 107 Å². The van der Waals surface area contributed by atoms with Crippen LogP contribution in [0.3, 0.4) is 0 Å². The van der Waals surface area contributed by atoms with Crippen LogP contribution in [0.4, 0.5) is 4.79 Å². The van der Waals surface area contributed by atoms with E-state index in [4.69, 9.17) is 18.9 Å². The number of hydrogen-bond acceptors (Lipinski definition) is 7. The van der Waals surface area contributed by atoms with Gasteiger partial charge in [0.2, 0.25) is 5.91 Å². The largest absolute Gasteiger partial charge is 0.497 e. The zero-order valence-corrected chi connectivity index (χ0v) is 49.8. The second-order valence-electron chi connectivity index (χ2n) is 24.9. The highest BCUT2D eigenvalue weighted by Gasteiger charge is 2.51. The summed E-state index contributed by atoms with van der Waals surface area (Å²) in [5, 5.41) is 17.2. The van der Waals surface area contributed by atoms with Gasteiger partial charge in [0.25, 0.3) is 0 Å². The Balaban J connectivity index is 0.750. The molecule has 3 N–H and O–H groups in total. The van der Waals surface area contributed by atoms with Crippen molar-refractivity contribution in [2.24, 2.45) is 40.9 Å². The number of alkyl carbamates (subject to hydrolysis) is 1. The van der Waals surface area contributed by atoms with Gasteiger partial charge in [-0.15, -0.1) is 0 Å². The average Bonchev–Trinajstić information content (AvgIpc) is 3.44. The molecule has 0 saturated heterocycles. The van der Waals surface area contributed by atoms with Crippen molar-refractivity contribution in [2.45, 2.75) is 226 Å². The minimum absolute atomic E-state index is 0.00118. The number of nitrogens with one attached hydrogen (secondary N) is 2. The van der Waals surface area contributed by atoms with E-state index in [-0.39, 0.29) is 23.5 Å². The molecular weight excluding hydrogens is 969 g/mol. The van der Waals surface area contributed by atoms with Crippen LogP contribution in [0, 0.1) is 40.9 Å². The van der Waals surface area contributed by atoms with Crippen LogP contribution in [0.25, 0.3) is 0 Å². The second kappa shape index (κ2) is 33.4. The molecule has 3 aromatic carbocycles. The number of allylic oxidation sites excluding steroid dienone is 1. The summed E-state index contributed by atoms with van der Waals surface area (Å²) in [6.45, 7) is 14.0. The first-order valence-corrected chi connectivity index (χ1v) is 31.4. The summed E-state index contributed by atoms with van der Waals surface area (Å²) >= 11 is 0. The van der Waals surface area contributed by atoms with Gasteiger partial charge in [-0.05, 0) is 146 Å². The molecule has 9 nitrogen and oxygen atoms in total. The number of rotatable bonds is 36. The first kappa shape index (κ1) is 62.9. The van der Waals surface area contributed by atoms with E-state index in [1.165, 1.54) is 89.9 Å². The molecular formula is C69H106N2O7. The van der Waals surface area contributed by atoms with E-state index in [9.17, 15) is 14.7 Å². The molecule has 3 aliphatic carbocycles. The SMILES string of the molecule is COc1ccc(C(OCCC(O)CCCCCNC(=O)CCCCCCCCCCCNC(=O)O[C@@H]2CC[C@]3(C)C(=CCC4C(CCCC(C)CCCC(C)C)[C@@H](C)CCC43)C2)(c2ccccc2)c2ccc(OC)cc2)cc1. The molecule has 6 rings (SSSR count). The fourth-order valence-corrected chi connectivity index (χ4v) is 13.9. The predicted octanol–water partition coefficient (Wildman–Crippen LogP) is 16.9. The number of ether oxygens (including phenoxy) is 4. The molecule has 3 aromatic rings. The first-order valence-electron chi connectivity index (χ1n) is 31.4. The molecule has 5 unspecified atom stereocenters. The lowest BCUT2D eigenvalue weighted by Crippen LogP contribution is -2.48. The maximum Gasteiger partial charge on any atom is 0.407 e. The topological polar surface area (TPSA) is 115 Å². The number of carbonyl (C=O) groups excluding carboxylic acids is 2. The van der Waals surface area contributed by atoms with E-state index in [1.807, 2.05) is 66.7 Å². The van der Waals surface area contributed by atoms with Crippen molar-refractivity contribution in [2.75, 3.05) is 33.9 Å². The minimum atomic E-state index is -0.904. The third-order valence-corrected chi connectivity index (χ3v) is 18.7. The van der Waals surface area contributed by atoms with E-state index in [0.29, 0.717) is 39.0 Å². The molecule has 2 amide bonds. The van der Waals surface area contributed by atoms with E-state index in [0.717, 1.165) is 128 Å². The number of hydrogen-bond donors (Lipinski definition) is 3. The molecule has 0 bridgehead atoms. The number of amides is 2. The van der Waals surface area contributed by atoms with Gasteiger partial charge in [0.1, 0.15) is 23.2 Å². The molecule has 0 heterocycles. The van der Waals surface area contributed by atoms with Gasteiger partial charge < -0.3 is 34.7 Å². The molecule has 0 aliphatic heterocycles. The van der Waals surface area contributed by atoms with Crippen LogP contribution in [0.2, 0.25) is 0 Å². The number of carbonyl (C=O) groups is 2. The maximum atomic E-state index is 12.9. The average molecular weight is 1080 g/mol.